The molecule has 4 atom stereocenters. The molecule has 0 aromatic heterocycles. The maximum Gasteiger partial charge on any atom is 0.494 e. The molecule has 14 aromatic rings. The van der Waals surface area contributed by atoms with Crippen LogP contribution in [0.4, 0.5) is 22.7 Å². The predicted molar refractivity (Wildman–Crippen MR) is 412 cm³/mol. The Hall–Kier alpha value is -8.78. The molecule has 3 fully saturated rings. The van der Waals surface area contributed by atoms with E-state index in [1.54, 1.807) is 0 Å². The Kier molecular flexibility index (Phi) is 14.4. The molecule has 3 aliphatic heterocycles. The van der Waals surface area contributed by atoms with Gasteiger partial charge < -0.3 is 19.1 Å². The summed E-state index contributed by atoms with van der Waals surface area (Å²) in [5.41, 5.74) is 16.8. The third kappa shape index (κ3) is 9.35. The van der Waals surface area contributed by atoms with Crippen molar-refractivity contribution >= 4 is 116 Å². The van der Waals surface area contributed by atoms with Gasteiger partial charge in [0.15, 0.2) is 0 Å². The van der Waals surface area contributed by atoms with E-state index in [-0.39, 0.29) is 40.2 Å². The van der Waals surface area contributed by atoms with E-state index >= 15 is 0 Å². The zero-order chi connectivity index (χ0) is 65.5. The largest absolute Gasteiger partial charge is 0.494 e. The fourth-order valence-electron chi connectivity index (χ4n) is 18.1. The summed E-state index contributed by atoms with van der Waals surface area (Å²) in [7, 11) is -0.328. The second kappa shape index (κ2) is 22.7. The fraction of sp³-hybridized carbons (Fsp3) is 0.244. The van der Waals surface area contributed by atoms with Gasteiger partial charge in [0.05, 0.1) is 22.3 Å². The zero-order valence-electron chi connectivity index (χ0n) is 56.6. The lowest BCUT2D eigenvalue weighted by atomic mass is 9.61. The van der Waals surface area contributed by atoms with Crippen molar-refractivity contribution in [2.24, 2.45) is 0 Å². The molecular weight excluding hydrogens is 1230 g/mol. The van der Waals surface area contributed by atoms with Crippen LogP contribution in [-0.2, 0) is 20.1 Å². The third-order valence-electron chi connectivity index (χ3n) is 24.5. The van der Waals surface area contributed by atoms with Gasteiger partial charge in [0.25, 0.3) is 0 Å². The monoisotopic (exact) mass is 1310 g/mol. The van der Waals surface area contributed by atoms with Gasteiger partial charge in [-0.05, 0) is 236 Å². The van der Waals surface area contributed by atoms with Crippen molar-refractivity contribution in [3.05, 3.63) is 270 Å². The van der Waals surface area contributed by atoms with Crippen molar-refractivity contribution in [1.82, 2.24) is 0 Å². The molecule has 6 heteroatoms. The molecule has 0 amide bonds. The van der Waals surface area contributed by atoms with Crippen LogP contribution in [0.2, 0.25) is 0 Å². The van der Waals surface area contributed by atoms with E-state index in [1.165, 1.54) is 188 Å². The number of benzene rings is 14. The number of rotatable bonds is 6. The van der Waals surface area contributed by atoms with E-state index in [1.807, 2.05) is 0 Å². The number of fused-ring (bicyclic) bond motifs is 6. The minimum atomic E-state index is -0.330. The molecule has 96 heavy (non-hydrogen) atoms. The average molecular weight is 1310 g/mol. The van der Waals surface area contributed by atoms with Crippen LogP contribution in [-0.4, -0.2) is 29.4 Å². The minimum absolute atomic E-state index is 0.0758. The molecule has 4 nitrogen and oxygen atoms in total. The van der Waals surface area contributed by atoms with Crippen LogP contribution < -0.4 is 15.3 Å². The van der Waals surface area contributed by atoms with Gasteiger partial charge in [0, 0.05) is 38.1 Å². The molecule has 2 aliphatic carbocycles. The Balaban J connectivity index is 0.000000118. The first-order valence-electron chi connectivity index (χ1n) is 35.0. The van der Waals surface area contributed by atoms with Crippen LogP contribution in [0.3, 0.4) is 0 Å². The standard InChI is InChI=1S/C42H35N.C32H38BNO2.C16H9Br/c1-41-25-6-7-26-42(41,2)43(34-11-4-3-5-12-34)38-24-21-33(27-37(38)41)28-13-15-29(16-14-28)35-22-19-32-18-17-30-9-8-10-31-20-23-36(35)40(32)39(30)31;1-29(2)30(3,4)36-33(35-29)25-17-14-23(15-18-25)24-16-19-28-27(22-24)31(5)20-10-11-21-32(31,6)34(28)26-12-8-7-9-13-26;17-14-9-7-12-5-4-10-2-1-3-11-6-8-13(14)16(12)15(10)11/h3-5,8-24,27H,6-7,25-26H2,1-2H3;7-9,12-19,22H,10-11,20-21H2,1-6H3;1-9H. The number of hydrogen-bond acceptors (Lipinski definition) is 4. The molecule has 0 spiro atoms. The lowest BCUT2D eigenvalue weighted by molar-refractivity contribution is 0.00578. The topological polar surface area (TPSA) is 24.9 Å². The van der Waals surface area contributed by atoms with Crippen LogP contribution in [0, 0.1) is 0 Å². The Morgan fingerprint density at radius 1 is 0.333 bits per heavy atom. The van der Waals surface area contributed by atoms with Gasteiger partial charge in [-0.3, -0.25) is 0 Å². The fourth-order valence-corrected chi connectivity index (χ4v) is 18.6. The van der Waals surface area contributed by atoms with E-state index in [0.717, 1.165) is 5.46 Å². The van der Waals surface area contributed by atoms with Crippen molar-refractivity contribution in [2.75, 3.05) is 9.80 Å². The van der Waals surface area contributed by atoms with Crippen LogP contribution in [0.5, 0.6) is 0 Å². The number of nitrogens with zero attached hydrogens (tertiary/aromatic N) is 2. The summed E-state index contributed by atoms with van der Waals surface area (Å²) in [6.45, 7) is 18.4. The number of anilines is 4. The molecule has 0 radical (unpaired) electrons. The molecule has 474 valence electrons. The van der Waals surface area contributed by atoms with Crippen molar-refractivity contribution < 1.29 is 9.31 Å². The first-order valence-corrected chi connectivity index (χ1v) is 35.8. The molecule has 4 unspecified atom stereocenters. The first-order chi connectivity index (χ1) is 46.5. The van der Waals surface area contributed by atoms with Gasteiger partial charge in [-0.25, -0.2) is 0 Å². The predicted octanol–water partition coefficient (Wildman–Crippen LogP) is 24.4. The van der Waals surface area contributed by atoms with Gasteiger partial charge >= 0.3 is 7.12 Å². The lowest BCUT2D eigenvalue weighted by Crippen LogP contribution is -2.54. The molecule has 0 bridgehead atoms. The van der Waals surface area contributed by atoms with Gasteiger partial charge in [-0.1, -0.05) is 256 Å². The highest BCUT2D eigenvalue weighted by Gasteiger charge is 2.59. The normalized spacial score (nSPS) is 22.3. The van der Waals surface area contributed by atoms with Crippen molar-refractivity contribution in [2.45, 2.75) is 140 Å². The maximum atomic E-state index is 6.27. The SMILES string of the molecule is Brc1ccc2ccc3cccc4ccc1c2c34.CC1(C)OB(c2ccc(-c3ccc4c(c3)C3(C)CCCCC3(C)N4c3ccccc3)cc2)OC1(C)C.CC12CCCCC1(C)N(c1ccccc1)c1ccc(-c3ccc(-c4ccc5ccc6cccc7ccc4c5c67)cc3)cc12. The number of hydrogen-bond donors (Lipinski definition) is 0. The van der Waals surface area contributed by atoms with Crippen molar-refractivity contribution in [3.63, 3.8) is 0 Å². The summed E-state index contributed by atoms with van der Waals surface area (Å²) in [6.07, 6.45) is 10.1. The maximum absolute atomic E-state index is 6.27. The van der Waals surface area contributed by atoms with Gasteiger partial charge in [0.2, 0.25) is 0 Å². The molecule has 0 N–H and O–H groups in total. The second-order valence-electron chi connectivity index (χ2n) is 30.1. The Labute approximate surface area is 574 Å². The van der Waals surface area contributed by atoms with Crippen LogP contribution in [0.1, 0.15) is 118 Å². The van der Waals surface area contributed by atoms with E-state index < -0.39 is 0 Å². The molecule has 3 heterocycles. The quantitative estimate of drug-likeness (QED) is 0.122. The van der Waals surface area contributed by atoms with Crippen molar-refractivity contribution in [1.29, 1.82) is 0 Å². The number of para-hydroxylation sites is 2. The molecule has 1 saturated heterocycles. The Morgan fingerprint density at radius 2 is 0.708 bits per heavy atom. The molecule has 2 saturated carbocycles. The van der Waals surface area contributed by atoms with Crippen molar-refractivity contribution in [3.8, 4) is 33.4 Å². The number of halogens is 1. The first kappa shape index (κ1) is 60.9. The highest BCUT2D eigenvalue weighted by molar-refractivity contribution is 9.10. The van der Waals surface area contributed by atoms with E-state index in [2.05, 4.69) is 336 Å². The smallest absolute Gasteiger partial charge is 0.399 e. The van der Waals surface area contributed by atoms with Crippen LogP contribution in [0.15, 0.2) is 259 Å². The minimum Gasteiger partial charge on any atom is -0.399 e. The summed E-state index contributed by atoms with van der Waals surface area (Å²) >= 11 is 3.64. The summed E-state index contributed by atoms with van der Waals surface area (Å²) in [5, 5.41) is 16.0. The molecule has 5 aliphatic rings. The highest BCUT2D eigenvalue weighted by Crippen LogP contribution is 2.63. The Bertz CT molecular complexity index is 5250. The van der Waals surface area contributed by atoms with Crippen LogP contribution >= 0.6 is 15.9 Å². The van der Waals surface area contributed by atoms with E-state index in [4.69, 9.17) is 9.31 Å². The van der Waals surface area contributed by atoms with Crippen LogP contribution in [0.25, 0.3) is 98.0 Å². The third-order valence-corrected chi connectivity index (χ3v) is 25.2. The summed E-state index contributed by atoms with van der Waals surface area (Å²) < 4.78 is 13.7. The summed E-state index contributed by atoms with van der Waals surface area (Å²) in [6, 6.07) is 94.3. The van der Waals surface area contributed by atoms with E-state index in [0.29, 0.717) is 0 Å². The average Bonchev–Trinajstić information content (AvgIpc) is 1.53. The lowest BCUT2D eigenvalue weighted by Gasteiger charge is -2.50. The zero-order valence-corrected chi connectivity index (χ0v) is 58.2. The highest BCUT2D eigenvalue weighted by atomic mass is 79.9. The summed E-state index contributed by atoms with van der Waals surface area (Å²) in [5.74, 6) is 0. The second-order valence-corrected chi connectivity index (χ2v) is 30.9. The van der Waals surface area contributed by atoms with Gasteiger partial charge in [-0.15, -0.1) is 0 Å². The van der Waals surface area contributed by atoms with E-state index in [9.17, 15) is 0 Å². The van der Waals surface area contributed by atoms with Gasteiger partial charge in [0.1, 0.15) is 0 Å². The molecular formula is C90H82BBrN2O2. The van der Waals surface area contributed by atoms with Gasteiger partial charge in [-0.2, -0.15) is 0 Å². The molecule has 19 rings (SSSR count). The Morgan fingerprint density at radius 3 is 1.19 bits per heavy atom. The molecule has 14 aromatic carbocycles. The summed E-state index contributed by atoms with van der Waals surface area (Å²) in [4.78, 5) is 5.29.